The molecule has 0 aromatic heterocycles. The van der Waals surface area contributed by atoms with Gasteiger partial charge in [-0.1, -0.05) is 6.92 Å². The van der Waals surface area contributed by atoms with Crippen LogP contribution < -0.4 is 4.90 Å². The Labute approximate surface area is 87.1 Å². The Morgan fingerprint density at radius 3 is 2.43 bits per heavy atom. The molecule has 0 aromatic rings. The average molecular weight is 199 g/mol. The molecule has 14 heavy (non-hydrogen) atoms. The third-order valence-corrected chi connectivity index (χ3v) is 2.98. The molecule has 1 heterocycles. The Kier molecular flexibility index (Phi) is 4.39. The molecule has 1 N–H and O–H groups in total. The second kappa shape index (κ2) is 5.35. The third kappa shape index (κ3) is 3.66. The summed E-state index contributed by atoms with van der Waals surface area (Å²) in [5, 5.41) is 0. The summed E-state index contributed by atoms with van der Waals surface area (Å²) in [6, 6.07) is 0. The van der Waals surface area contributed by atoms with Crippen LogP contribution >= 0.6 is 0 Å². The van der Waals surface area contributed by atoms with Crippen molar-refractivity contribution < 1.29 is 9.69 Å². The number of nitrogens with one attached hydrogen (secondary N) is 1. The van der Waals surface area contributed by atoms with Crippen molar-refractivity contribution in [2.75, 3.05) is 33.7 Å². The van der Waals surface area contributed by atoms with Crippen LogP contribution in [0.25, 0.3) is 0 Å². The smallest absolute Gasteiger partial charge is 0.228 e. The van der Waals surface area contributed by atoms with E-state index in [1.54, 1.807) is 0 Å². The molecule has 1 aliphatic heterocycles. The lowest BCUT2D eigenvalue weighted by molar-refractivity contribution is -0.857. The number of rotatable bonds is 3. The summed E-state index contributed by atoms with van der Waals surface area (Å²) in [5.74, 6) is 1.15. The van der Waals surface area contributed by atoms with Crippen LogP contribution in [0, 0.1) is 5.92 Å². The molecule has 3 nitrogen and oxygen atoms in total. The summed E-state index contributed by atoms with van der Waals surface area (Å²) in [6.07, 6.45) is 3.07. The van der Waals surface area contributed by atoms with Crippen molar-refractivity contribution in [2.45, 2.75) is 26.2 Å². The Balaban J connectivity index is 2.24. The van der Waals surface area contributed by atoms with Crippen LogP contribution in [0.1, 0.15) is 26.2 Å². The van der Waals surface area contributed by atoms with E-state index in [4.69, 9.17) is 0 Å². The molecule has 0 bridgehead atoms. The zero-order valence-corrected chi connectivity index (χ0v) is 9.68. The second-order valence-electron chi connectivity index (χ2n) is 4.77. The van der Waals surface area contributed by atoms with Gasteiger partial charge in [0.05, 0.1) is 27.1 Å². The highest BCUT2D eigenvalue weighted by molar-refractivity contribution is 5.76. The van der Waals surface area contributed by atoms with Crippen LogP contribution in [-0.4, -0.2) is 44.5 Å². The van der Waals surface area contributed by atoms with Gasteiger partial charge in [0.2, 0.25) is 5.91 Å². The maximum Gasteiger partial charge on any atom is 0.228 e. The zero-order chi connectivity index (χ0) is 10.6. The van der Waals surface area contributed by atoms with Crippen molar-refractivity contribution >= 4 is 5.91 Å². The Hall–Kier alpha value is -0.570. The summed E-state index contributed by atoms with van der Waals surface area (Å²) >= 11 is 0. The molecule has 1 fully saturated rings. The highest BCUT2D eigenvalue weighted by atomic mass is 16.2. The molecule has 3 heteroatoms. The Morgan fingerprint density at radius 1 is 1.36 bits per heavy atom. The molecule has 0 unspecified atom stereocenters. The van der Waals surface area contributed by atoms with Crippen LogP contribution in [0.15, 0.2) is 0 Å². The minimum atomic E-state index is 0.345. The van der Waals surface area contributed by atoms with Gasteiger partial charge in [-0.2, -0.15) is 0 Å². The molecule has 0 spiro atoms. The van der Waals surface area contributed by atoms with Gasteiger partial charge in [-0.05, 0) is 18.8 Å². The molecule has 0 atom stereocenters. The van der Waals surface area contributed by atoms with Gasteiger partial charge in [0.25, 0.3) is 0 Å². The number of nitrogens with zero attached hydrogens (tertiary/aromatic N) is 1. The van der Waals surface area contributed by atoms with Crippen molar-refractivity contribution in [3.8, 4) is 0 Å². The van der Waals surface area contributed by atoms with Crippen molar-refractivity contribution in [3.05, 3.63) is 0 Å². The van der Waals surface area contributed by atoms with E-state index < -0.39 is 0 Å². The minimum absolute atomic E-state index is 0.345. The first-order chi connectivity index (χ1) is 6.59. The van der Waals surface area contributed by atoms with Crippen LogP contribution in [-0.2, 0) is 4.79 Å². The van der Waals surface area contributed by atoms with Gasteiger partial charge < -0.3 is 9.80 Å². The Bertz CT molecular complexity index is 184. The molecule has 1 amide bonds. The first kappa shape index (κ1) is 11.5. The maximum absolute atomic E-state index is 11.7. The topological polar surface area (TPSA) is 24.8 Å². The van der Waals surface area contributed by atoms with Crippen LogP contribution in [0.4, 0.5) is 0 Å². The molecule has 1 saturated heterocycles. The number of quaternary nitrogens is 1. The maximum atomic E-state index is 11.7. The summed E-state index contributed by atoms with van der Waals surface area (Å²) < 4.78 is 0. The first-order valence-electron chi connectivity index (χ1n) is 5.66. The molecule has 1 aliphatic rings. The monoisotopic (exact) mass is 199 g/mol. The number of carbonyl (C=O) groups excluding carboxylic acids is 1. The molecule has 82 valence electrons. The van der Waals surface area contributed by atoms with Gasteiger partial charge in [0, 0.05) is 13.1 Å². The van der Waals surface area contributed by atoms with Crippen molar-refractivity contribution in [1.82, 2.24) is 4.90 Å². The summed E-state index contributed by atoms with van der Waals surface area (Å²) in [4.78, 5) is 15.1. The van der Waals surface area contributed by atoms with E-state index in [1.165, 1.54) is 17.7 Å². The van der Waals surface area contributed by atoms with E-state index in [1.807, 2.05) is 4.90 Å². The molecule has 0 aromatic carbocycles. The lowest BCUT2D eigenvalue weighted by Crippen LogP contribution is -3.05. The van der Waals surface area contributed by atoms with Gasteiger partial charge in [-0.25, -0.2) is 0 Å². The summed E-state index contributed by atoms with van der Waals surface area (Å²) in [6.45, 7) is 5.17. The molecular formula is C11H23N2O+. The second-order valence-corrected chi connectivity index (χ2v) is 4.77. The summed E-state index contributed by atoms with van der Waals surface area (Å²) in [7, 11) is 4.18. The van der Waals surface area contributed by atoms with Crippen LogP contribution in [0.3, 0.4) is 0 Å². The number of amides is 1. The summed E-state index contributed by atoms with van der Waals surface area (Å²) in [5.41, 5.74) is 0. The van der Waals surface area contributed by atoms with E-state index >= 15 is 0 Å². The molecule has 0 saturated carbocycles. The van der Waals surface area contributed by atoms with E-state index in [-0.39, 0.29) is 0 Å². The number of piperidine rings is 1. The van der Waals surface area contributed by atoms with Crippen molar-refractivity contribution in [3.63, 3.8) is 0 Å². The lowest BCUT2D eigenvalue weighted by Gasteiger charge is -2.30. The number of likely N-dealkylation sites (tertiary alicyclic amines) is 1. The largest absolute Gasteiger partial charge is 0.342 e. The number of hydrogen-bond donors (Lipinski definition) is 1. The Morgan fingerprint density at radius 2 is 1.93 bits per heavy atom. The van der Waals surface area contributed by atoms with Gasteiger partial charge in [0.1, 0.15) is 0 Å². The van der Waals surface area contributed by atoms with Crippen molar-refractivity contribution in [2.24, 2.45) is 5.92 Å². The van der Waals surface area contributed by atoms with Crippen LogP contribution in [0.5, 0.6) is 0 Å². The third-order valence-electron chi connectivity index (χ3n) is 2.98. The predicted molar refractivity (Wildman–Crippen MR) is 57.3 cm³/mol. The zero-order valence-electron chi connectivity index (χ0n) is 9.68. The fourth-order valence-electron chi connectivity index (χ4n) is 1.77. The van der Waals surface area contributed by atoms with E-state index in [0.717, 1.165) is 25.6 Å². The normalized spacial score (nSPS) is 19.0. The highest BCUT2D eigenvalue weighted by Gasteiger charge is 2.20. The fraction of sp³-hybridized carbons (Fsp3) is 0.909. The van der Waals surface area contributed by atoms with Crippen molar-refractivity contribution in [1.29, 1.82) is 0 Å². The number of hydrogen-bond acceptors (Lipinski definition) is 1. The molecule has 0 radical (unpaired) electrons. The minimum Gasteiger partial charge on any atom is -0.342 e. The number of carbonyl (C=O) groups is 1. The average Bonchev–Trinajstić information content (AvgIpc) is 2.15. The first-order valence-corrected chi connectivity index (χ1v) is 5.66. The van der Waals surface area contributed by atoms with E-state index in [0.29, 0.717) is 12.3 Å². The van der Waals surface area contributed by atoms with Gasteiger partial charge in [-0.3, -0.25) is 4.79 Å². The molecular weight excluding hydrogens is 176 g/mol. The highest BCUT2D eigenvalue weighted by Crippen LogP contribution is 2.16. The molecule has 1 rings (SSSR count). The predicted octanol–water partition coefficient (Wildman–Crippen LogP) is -0.220. The van der Waals surface area contributed by atoms with E-state index in [9.17, 15) is 4.79 Å². The lowest BCUT2D eigenvalue weighted by atomic mass is 9.99. The van der Waals surface area contributed by atoms with Gasteiger partial charge in [0.15, 0.2) is 0 Å². The standard InChI is InChI=1S/C11H22N2O/c1-10-4-8-13(9-5-10)11(14)6-7-12(2)3/h10H,4-9H2,1-3H3/p+1. The molecule has 0 aliphatic carbocycles. The quantitative estimate of drug-likeness (QED) is 0.668. The fourth-order valence-corrected chi connectivity index (χ4v) is 1.77. The van der Waals surface area contributed by atoms with Gasteiger partial charge in [-0.15, -0.1) is 0 Å². The SMILES string of the molecule is CC1CCN(C(=O)CC[NH+](C)C)CC1. The van der Waals surface area contributed by atoms with Crippen LogP contribution in [0.2, 0.25) is 0 Å². The van der Waals surface area contributed by atoms with Gasteiger partial charge >= 0.3 is 0 Å². The van der Waals surface area contributed by atoms with E-state index in [2.05, 4.69) is 21.0 Å².